The lowest BCUT2D eigenvalue weighted by molar-refractivity contribution is -0.886. The van der Waals surface area contributed by atoms with Gasteiger partial charge in [-0.05, 0) is 55.5 Å². The van der Waals surface area contributed by atoms with E-state index in [-0.39, 0.29) is 18.4 Å². The largest absolute Gasteiger partial charge is 0.494 e. The Morgan fingerprint density at radius 1 is 1.00 bits per heavy atom. The molecule has 0 bridgehead atoms. The van der Waals surface area contributed by atoms with E-state index in [0.29, 0.717) is 30.1 Å². The average molecular weight is 408 g/mol. The van der Waals surface area contributed by atoms with Gasteiger partial charge in [0.05, 0.1) is 31.2 Å². The molecule has 0 aliphatic carbocycles. The van der Waals surface area contributed by atoms with Crippen LogP contribution in [0.2, 0.25) is 0 Å². The van der Waals surface area contributed by atoms with Crippen molar-refractivity contribution in [3.05, 3.63) is 78.3 Å². The molecule has 0 aliphatic rings. The molecule has 7 heteroatoms. The number of hydrogen-bond acceptors (Lipinski definition) is 4. The van der Waals surface area contributed by atoms with Gasteiger partial charge in [-0.2, -0.15) is 0 Å². The molecule has 3 N–H and O–H groups in total. The summed E-state index contributed by atoms with van der Waals surface area (Å²) in [5.41, 5.74) is 1.51. The van der Waals surface area contributed by atoms with E-state index in [2.05, 4.69) is 10.6 Å². The first-order valence-corrected chi connectivity index (χ1v) is 9.82. The molecule has 3 rings (SSSR count). The highest BCUT2D eigenvalue weighted by Crippen LogP contribution is 2.19. The van der Waals surface area contributed by atoms with E-state index >= 15 is 0 Å². The molecule has 7 nitrogen and oxygen atoms in total. The van der Waals surface area contributed by atoms with Gasteiger partial charge in [0.15, 0.2) is 12.3 Å². The van der Waals surface area contributed by atoms with Crippen molar-refractivity contribution in [2.45, 2.75) is 13.5 Å². The molecule has 2 amide bonds. The Morgan fingerprint density at radius 2 is 1.77 bits per heavy atom. The van der Waals surface area contributed by atoms with E-state index < -0.39 is 0 Å². The topological polar surface area (TPSA) is 85.0 Å². The van der Waals surface area contributed by atoms with Crippen molar-refractivity contribution in [2.75, 3.05) is 30.8 Å². The summed E-state index contributed by atoms with van der Waals surface area (Å²) in [5, 5.41) is 5.69. The fourth-order valence-corrected chi connectivity index (χ4v) is 3.03. The van der Waals surface area contributed by atoms with Gasteiger partial charge in [-0.15, -0.1) is 0 Å². The van der Waals surface area contributed by atoms with Crippen molar-refractivity contribution in [3.8, 4) is 5.75 Å². The van der Waals surface area contributed by atoms with Crippen LogP contribution in [0, 0.1) is 0 Å². The molecule has 0 radical (unpaired) electrons. The molecule has 1 heterocycles. The number of anilines is 2. The summed E-state index contributed by atoms with van der Waals surface area (Å²) >= 11 is 0. The first kappa shape index (κ1) is 21.1. The zero-order valence-electron chi connectivity index (χ0n) is 17.1. The lowest BCUT2D eigenvalue weighted by atomic mass is 10.1. The highest BCUT2D eigenvalue weighted by molar-refractivity contribution is 6.10. The summed E-state index contributed by atoms with van der Waals surface area (Å²) in [5.74, 6) is 1.08. The Kier molecular flexibility index (Phi) is 7.24. The summed E-state index contributed by atoms with van der Waals surface area (Å²) in [6, 6.07) is 17.8. The second-order valence-corrected chi connectivity index (χ2v) is 6.90. The Morgan fingerprint density at radius 3 is 2.47 bits per heavy atom. The molecule has 0 saturated carbocycles. The van der Waals surface area contributed by atoms with Crippen molar-refractivity contribution in [1.82, 2.24) is 0 Å². The zero-order chi connectivity index (χ0) is 21.3. The second kappa shape index (κ2) is 10.3. The highest BCUT2D eigenvalue weighted by Gasteiger charge is 2.16. The quantitative estimate of drug-likeness (QED) is 0.508. The van der Waals surface area contributed by atoms with E-state index in [0.717, 1.165) is 16.4 Å². The molecule has 30 heavy (non-hydrogen) atoms. The first-order chi connectivity index (χ1) is 14.5. The zero-order valence-corrected chi connectivity index (χ0v) is 17.1. The number of carbonyl (C=O) groups is 2. The molecule has 0 fully saturated rings. The Bertz CT molecular complexity index is 968. The fraction of sp³-hybridized carbons (Fsp3) is 0.217. The third-order valence-electron chi connectivity index (χ3n) is 4.39. The lowest BCUT2D eigenvalue weighted by Crippen LogP contribution is -3.08. The molecule has 3 aromatic rings. The smallest absolute Gasteiger partial charge is 0.279 e. The van der Waals surface area contributed by atoms with Crippen molar-refractivity contribution >= 4 is 23.2 Å². The second-order valence-electron chi connectivity index (χ2n) is 6.90. The predicted octanol–water partition coefficient (Wildman–Crippen LogP) is 2.58. The van der Waals surface area contributed by atoms with Crippen LogP contribution >= 0.6 is 0 Å². The molecular formula is C23H26N3O4+. The van der Waals surface area contributed by atoms with E-state index in [1.54, 1.807) is 54.8 Å². The summed E-state index contributed by atoms with van der Waals surface area (Å²) < 4.78 is 10.7. The number of hydrogen-bond donors (Lipinski definition) is 3. The maximum absolute atomic E-state index is 12.7. The first-order valence-electron chi connectivity index (χ1n) is 9.82. The van der Waals surface area contributed by atoms with Crippen LogP contribution in [0.3, 0.4) is 0 Å². The number of para-hydroxylation sites is 1. The number of benzene rings is 2. The van der Waals surface area contributed by atoms with Crippen LogP contribution in [0.15, 0.2) is 71.3 Å². The molecule has 1 unspecified atom stereocenters. The van der Waals surface area contributed by atoms with Crippen LogP contribution in [0.1, 0.15) is 23.0 Å². The van der Waals surface area contributed by atoms with Gasteiger partial charge >= 0.3 is 0 Å². The Balaban J connectivity index is 1.61. The number of quaternary nitrogens is 1. The van der Waals surface area contributed by atoms with E-state index in [4.69, 9.17) is 9.15 Å². The normalized spacial score (nSPS) is 11.5. The van der Waals surface area contributed by atoms with Crippen molar-refractivity contribution in [3.63, 3.8) is 0 Å². The van der Waals surface area contributed by atoms with Gasteiger partial charge in [0.1, 0.15) is 12.3 Å². The SMILES string of the molecule is CCOc1ccc(NC(=O)c2ccccc2NC(=O)C[NH+](C)Cc2ccco2)cc1. The van der Waals surface area contributed by atoms with Gasteiger partial charge in [-0.1, -0.05) is 12.1 Å². The number of amides is 2. The minimum Gasteiger partial charge on any atom is -0.494 e. The summed E-state index contributed by atoms with van der Waals surface area (Å²) in [6.07, 6.45) is 1.61. The van der Waals surface area contributed by atoms with Crippen LogP contribution in [0.5, 0.6) is 5.75 Å². The van der Waals surface area contributed by atoms with Gasteiger partial charge < -0.3 is 24.7 Å². The Hall–Kier alpha value is -3.58. The molecule has 0 aliphatic heterocycles. The number of furan rings is 1. The van der Waals surface area contributed by atoms with Gasteiger partial charge in [0, 0.05) is 5.69 Å². The van der Waals surface area contributed by atoms with Crippen LogP contribution in [-0.2, 0) is 11.3 Å². The van der Waals surface area contributed by atoms with Gasteiger partial charge in [0.25, 0.3) is 11.8 Å². The molecule has 0 spiro atoms. The molecule has 2 aromatic carbocycles. The molecule has 1 aromatic heterocycles. The van der Waals surface area contributed by atoms with E-state index in [9.17, 15) is 9.59 Å². The van der Waals surface area contributed by atoms with Gasteiger partial charge in [0.2, 0.25) is 0 Å². The summed E-state index contributed by atoms with van der Waals surface area (Å²) in [6.45, 7) is 3.34. The molecule has 1 atom stereocenters. The van der Waals surface area contributed by atoms with Crippen molar-refractivity contribution in [1.29, 1.82) is 0 Å². The number of ether oxygens (including phenoxy) is 1. The minimum absolute atomic E-state index is 0.180. The number of rotatable bonds is 9. The summed E-state index contributed by atoms with van der Waals surface area (Å²) in [7, 11) is 1.91. The predicted molar refractivity (Wildman–Crippen MR) is 115 cm³/mol. The minimum atomic E-state index is -0.300. The van der Waals surface area contributed by atoms with Crippen LogP contribution < -0.4 is 20.3 Å². The third-order valence-corrected chi connectivity index (χ3v) is 4.39. The molecule has 0 saturated heterocycles. The average Bonchev–Trinajstić information content (AvgIpc) is 3.22. The summed E-state index contributed by atoms with van der Waals surface area (Å²) in [4.78, 5) is 26.2. The van der Waals surface area contributed by atoms with Crippen molar-refractivity contribution in [2.24, 2.45) is 0 Å². The number of likely N-dealkylation sites (N-methyl/N-ethyl adjacent to an activating group) is 1. The Labute approximate surface area is 175 Å². The fourth-order valence-electron chi connectivity index (χ4n) is 3.03. The van der Waals surface area contributed by atoms with Crippen molar-refractivity contribution < 1.29 is 23.6 Å². The highest BCUT2D eigenvalue weighted by atomic mass is 16.5. The van der Waals surface area contributed by atoms with Gasteiger partial charge in [-0.25, -0.2) is 0 Å². The van der Waals surface area contributed by atoms with Gasteiger partial charge in [-0.3, -0.25) is 9.59 Å². The van der Waals surface area contributed by atoms with Crippen LogP contribution in [0.25, 0.3) is 0 Å². The monoisotopic (exact) mass is 408 g/mol. The maximum atomic E-state index is 12.7. The van der Waals surface area contributed by atoms with Crippen LogP contribution in [-0.4, -0.2) is 32.0 Å². The lowest BCUT2D eigenvalue weighted by Gasteiger charge is -2.14. The molecule has 156 valence electrons. The maximum Gasteiger partial charge on any atom is 0.279 e. The van der Waals surface area contributed by atoms with E-state index in [1.165, 1.54) is 0 Å². The number of nitrogens with one attached hydrogen (secondary N) is 3. The van der Waals surface area contributed by atoms with Crippen LogP contribution in [0.4, 0.5) is 11.4 Å². The molecular weight excluding hydrogens is 382 g/mol. The standard InChI is InChI=1S/C23H25N3O4/c1-3-29-18-12-10-17(11-13-18)24-23(28)20-8-4-5-9-21(20)25-22(27)16-26(2)15-19-7-6-14-30-19/h4-14H,3,15-16H2,1-2H3,(H,24,28)(H,25,27)/p+1. The number of carbonyl (C=O) groups excluding carboxylic acids is 2. The van der Waals surface area contributed by atoms with E-state index in [1.807, 2.05) is 26.1 Å². The third kappa shape index (κ3) is 5.96.